The van der Waals surface area contributed by atoms with Gasteiger partial charge in [-0.1, -0.05) is 47.5 Å². The molecule has 0 spiro atoms. The van der Waals surface area contributed by atoms with E-state index in [0.717, 1.165) is 5.56 Å². The zero-order valence-electron chi connectivity index (χ0n) is 21.5. The van der Waals surface area contributed by atoms with Crippen LogP contribution in [0, 0.1) is 0 Å². The lowest BCUT2D eigenvalue weighted by atomic mass is 10.1. The minimum absolute atomic E-state index is 0.00883. The number of carbonyl (C=O) groups excluding carboxylic acids is 3. The molecular formula is C28H27Cl2N3O6S. The lowest BCUT2D eigenvalue weighted by Gasteiger charge is -2.24. The van der Waals surface area contributed by atoms with Crippen LogP contribution in [0.25, 0.3) is 0 Å². The first-order chi connectivity index (χ1) is 19.4. The summed E-state index contributed by atoms with van der Waals surface area (Å²) in [5.74, 6) is 0.188. The molecule has 1 aromatic heterocycles. The number of esters is 1. The Morgan fingerprint density at radius 1 is 1.05 bits per heavy atom. The van der Waals surface area contributed by atoms with Crippen LogP contribution in [-0.4, -0.2) is 58.7 Å². The maximum absolute atomic E-state index is 13.1. The topological polar surface area (TPSA) is 107 Å². The van der Waals surface area contributed by atoms with Gasteiger partial charge in [0.2, 0.25) is 5.91 Å². The van der Waals surface area contributed by atoms with Gasteiger partial charge in [-0.05, 0) is 42.0 Å². The summed E-state index contributed by atoms with van der Waals surface area (Å²) >= 11 is 13.8. The number of amides is 2. The Morgan fingerprint density at radius 2 is 1.80 bits per heavy atom. The standard InChI is InChI=1S/C28H27Cl2N3O6S/c1-37-27(35)24(13-18-8-10-20(11-9-18)38-15-21-22(29)6-4-7-23(21)30)32-26(34)25-16-40-17-33(25)28(36)39-14-19-5-2-3-12-31-19/h2-12,24-25H,13-17H2,1H3,(H,32,34)/t24-,25+/m0/s1. The molecule has 9 nitrogen and oxygen atoms in total. The van der Waals surface area contributed by atoms with Crippen molar-refractivity contribution in [2.24, 2.45) is 0 Å². The van der Waals surface area contributed by atoms with E-state index in [9.17, 15) is 14.4 Å². The first-order valence-corrected chi connectivity index (χ1v) is 14.2. The number of ether oxygens (including phenoxy) is 3. The number of nitrogens with zero attached hydrogens (tertiary/aromatic N) is 2. The van der Waals surface area contributed by atoms with Gasteiger partial charge in [0.15, 0.2) is 0 Å². The SMILES string of the molecule is COC(=O)[C@H](Cc1ccc(OCc2c(Cl)cccc2Cl)cc1)NC(=O)[C@H]1CSCN1C(=O)OCc1ccccn1. The van der Waals surface area contributed by atoms with Crippen LogP contribution in [0.4, 0.5) is 4.79 Å². The number of thioether (sulfide) groups is 1. The van der Waals surface area contributed by atoms with Gasteiger partial charge in [0.25, 0.3) is 0 Å². The van der Waals surface area contributed by atoms with Crippen molar-refractivity contribution >= 4 is 52.9 Å². The first kappa shape index (κ1) is 29.5. The summed E-state index contributed by atoms with van der Waals surface area (Å²) in [6.07, 6.45) is 1.16. The van der Waals surface area contributed by atoms with Crippen LogP contribution in [0.15, 0.2) is 66.9 Å². The quantitative estimate of drug-likeness (QED) is 0.327. The Bertz CT molecular complexity index is 1310. The fraction of sp³-hybridized carbons (Fsp3) is 0.286. The van der Waals surface area contributed by atoms with Crippen molar-refractivity contribution in [2.45, 2.75) is 31.7 Å². The van der Waals surface area contributed by atoms with E-state index in [1.54, 1.807) is 66.9 Å². The summed E-state index contributed by atoms with van der Waals surface area (Å²) in [6, 6.07) is 15.9. The minimum Gasteiger partial charge on any atom is -0.489 e. The number of benzene rings is 2. The highest BCUT2D eigenvalue weighted by molar-refractivity contribution is 7.99. The Balaban J connectivity index is 1.34. The van der Waals surface area contributed by atoms with Crippen LogP contribution in [0.5, 0.6) is 5.75 Å². The van der Waals surface area contributed by atoms with E-state index in [-0.39, 0.29) is 19.6 Å². The summed E-state index contributed by atoms with van der Waals surface area (Å²) in [7, 11) is 1.25. The number of halogens is 2. The predicted molar refractivity (Wildman–Crippen MR) is 152 cm³/mol. The smallest absolute Gasteiger partial charge is 0.411 e. The average Bonchev–Trinajstić information content (AvgIpc) is 3.47. The number of methoxy groups -OCH3 is 1. The minimum atomic E-state index is -0.955. The van der Waals surface area contributed by atoms with Crippen molar-refractivity contribution in [2.75, 3.05) is 18.7 Å². The third-order valence-electron chi connectivity index (χ3n) is 6.10. The second kappa shape index (κ2) is 14.2. The maximum atomic E-state index is 13.1. The van der Waals surface area contributed by atoms with E-state index in [1.807, 2.05) is 0 Å². The fourth-order valence-electron chi connectivity index (χ4n) is 3.93. The molecule has 0 bridgehead atoms. The summed E-state index contributed by atoms with van der Waals surface area (Å²) in [4.78, 5) is 43.8. The average molecular weight is 605 g/mol. The molecule has 2 atom stereocenters. The van der Waals surface area contributed by atoms with Gasteiger partial charge in [-0.3, -0.25) is 14.7 Å². The van der Waals surface area contributed by atoms with Crippen LogP contribution in [0.3, 0.4) is 0 Å². The molecule has 0 aliphatic carbocycles. The molecule has 1 N–H and O–H groups in total. The molecule has 1 fully saturated rings. The van der Waals surface area contributed by atoms with Gasteiger partial charge in [0.05, 0.1) is 18.7 Å². The van der Waals surface area contributed by atoms with E-state index in [0.29, 0.717) is 38.7 Å². The molecule has 0 radical (unpaired) electrons. The molecule has 0 unspecified atom stereocenters. The second-order valence-corrected chi connectivity index (χ2v) is 10.6. The molecule has 2 amide bonds. The molecule has 1 aliphatic heterocycles. The van der Waals surface area contributed by atoms with Crippen LogP contribution < -0.4 is 10.1 Å². The van der Waals surface area contributed by atoms with Crippen molar-refractivity contribution in [3.05, 3.63) is 93.7 Å². The van der Waals surface area contributed by atoms with Crippen LogP contribution in [0.1, 0.15) is 16.8 Å². The summed E-state index contributed by atoms with van der Waals surface area (Å²) < 4.78 is 16.1. The predicted octanol–water partition coefficient (Wildman–Crippen LogP) is 4.88. The largest absolute Gasteiger partial charge is 0.489 e. The Hall–Kier alpha value is -3.47. The van der Waals surface area contributed by atoms with Crippen molar-refractivity contribution < 1.29 is 28.6 Å². The van der Waals surface area contributed by atoms with Gasteiger partial charge in [-0.25, -0.2) is 9.59 Å². The third kappa shape index (κ3) is 7.80. The van der Waals surface area contributed by atoms with Crippen molar-refractivity contribution in [3.8, 4) is 5.75 Å². The number of hydrogen-bond acceptors (Lipinski definition) is 8. The van der Waals surface area contributed by atoms with Crippen molar-refractivity contribution in [1.29, 1.82) is 0 Å². The van der Waals surface area contributed by atoms with E-state index < -0.39 is 30.1 Å². The zero-order chi connectivity index (χ0) is 28.5. The molecule has 2 heterocycles. The molecule has 1 saturated heterocycles. The van der Waals surface area contributed by atoms with Gasteiger partial charge in [0.1, 0.15) is 31.0 Å². The fourth-order valence-corrected chi connectivity index (χ4v) is 5.58. The van der Waals surface area contributed by atoms with Crippen LogP contribution >= 0.6 is 35.0 Å². The Kier molecular flexibility index (Phi) is 10.5. The van der Waals surface area contributed by atoms with E-state index in [1.165, 1.54) is 23.8 Å². The van der Waals surface area contributed by atoms with Crippen molar-refractivity contribution in [1.82, 2.24) is 15.2 Å². The lowest BCUT2D eigenvalue weighted by Crippen LogP contribution is -2.52. The molecule has 210 valence electrons. The van der Waals surface area contributed by atoms with E-state index >= 15 is 0 Å². The normalized spacial score (nSPS) is 15.3. The summed E-state index contributed by atoms with van der Waals surface area (Å²) in [6.45, 7) is 0.185. The molecule has 40 heavy (non-hydrogen) atoms. The first-order valence-electron chi connectivity index (χ1n) is 12.3. The van der Waals surface area contributed by atoms with Gasteiger partial charge in [-0.2, -0.15) is 0 Å². The van der Waals surface area contributed by atoms with Crippen LogP contribution in [0.2, 0.25) is 10.0 Å². The second-order valence-electron chi connectivity index (χ2n) is 8.78. The Labute approximate surface area is 246 Å². The molecule has 4 rings (SSSR count). The van der Waals surface area contributed by atoms with Gasteiger partial charge < -0.3 is 19.5 Å². The van der Waals surface area contributed by atoms with E-state index in [2.05, 4.69) is 10.3 Å². The molecule has 1 aliphatic rings. The van der Waals surface area contributed by atoms with Gasteiger partial charge >= 0.3 is 12.1 Å². The van der Waals surface area contributed by atoms with Gasteiger partial charge in [-0.15, -0.1) is 11.8 Å². The Morgan fingerprint density at radius 3 is 2.48 bits per heavy atom. The number of pyridine rings is 1. The number of aromatic nitrogens is 1. The lowest BCUT2D eigenvalue weighted by molar-refractivity contribution is -0.145. The highest BCUT2D eigenvalue weighted by Crippen LogP contribution is 2.26. The highest BCUT2D eigenvalue weighted by atomic mass is 35.5. The van der Waals surface area contributed by atoms with Gasteiger partial charge in [0, 0.05) is 34.0 Å². The zero-order valence-corrected chi connectivity index (χ0v) is 23.9. The van der Waals surface area contributed by atoms with E-state index in [4.69, 9.17) is 37.4 Å². The monoisotopic (exact) mass is 603 g/mol. The number of rotatable bonds is 10. The summed E-state index contributed by atoms with van der Waals surface area (Å²) in [5.41, 5.74) is 2.05. The maximum Gasteiger partial charge on any atom is 0.411 e. The van der Waals surface area contributed by atoms with Crippen molar-refractivity contribution in [3.63, 3.8) is 0 Å². The number of hydrogen-bond donors (Lipinski definition) is 1. The summed E-state index contributed by atoms with van der Waals surface area (Å²) in [5, 5.41) is 3.77. The molecule has 2 aromatic carbocycles. The number of carbonyl (C=O) groups is 3. The molecule has 0 saturated carbocycles. The molecule has 12 heteroatoms. The third-order valence-corrected chi connectivity index (χ3v) is 7.82. The number of nitrogens with one attached hydrogen (secondary N) is 1. The highest BCUT2D eigenvalue weighted by Gasteiger charge is 2.37. The molecular weight excluding hydrogens is 577 g/mol. The molecule has 3 aromatic rings. The van der Waals surface area contributed by atoms with Crippen LogP contribution in [-0.2, 0) is 38.7 Å².